The molecule has 0 bridgehead atoms. The van der Waals surface area contributed by atoms with E-state index in [1.807, 2.05) is 37.4 Å². The van der Waals surface area contributed by atoms with E-state index in [9.17, 15) is 4.79 Å². The molecule has 4 rings (SSSR count). The normalized spacial score (nSPS) is 15.2. The highest BCUT2D eigenvalue weighted by atomic mass is 35.5. The predicted molar refractivity (Wildman–Crippen MR) is 119 cm³/mol. The summed E-state index contributed by atoms with van der Waals surface area (Å²) in [6, 6.07) is 12.9. The van der Waals surface area contributed by atoms with E-state index in [4.69, 9.17) is 23.2 Å². The molecule has 0 saturated heterocycles. The standard InChI is InChI=1S/C20H14Cl2N4OS/c1-23-15-7-8-24-16-6-5-11(9-12(15)16)10-17-19(27)26-20(28-17)25-18-13(21)3-2-4-14(18)22/h2-10H,1H3,(H,23,24)(H,25,26,27). The summed E-state index contributed by atoms with van der Waals surface area (Å²) in [6.45, 7) is 0. The maximum Gasteiger partial charge on any atom is 0.286 e. The molecule has 0 spiro atoms. The van der Waals surface area contributed by atoms with E-state index in [1.54, 1.807) is 24.4 Å². The van der Waals surface area contributed by atoms with Gasteiger partial charge in [-0.25, -0.2) is 0 Å². The van der Waals surface area contributed by atoms with Crippen LogP contribution in [0.2, 0.25) is 10.0 Å². The first-order valence-corrected chi connectivity index (χ1v) is 9.92. The number of benzene rings is 2. The molecular formula is C20H14Cl2N4OS. The number of thioether (sulfide) groups is 1. The third-order valence-electron chi connectivity index (χ3n) is 4.15. The molecular weight excluding hydrogens is 415 g/mol. The van der Waals surface area contributed by atoms with Crippen molar-refractivity contribution in [3.63, 3.8) is 0 Å². The number of carbonyl (C=O) groups is 1. The number of amides is 1. The average molecular weight is 429 g/mol. The zero-order valence-electron chi connectivity index (χ0n) is 14.7. The van der Waals surface area contributed by atoms with Crippen molar-refractivity contribution in [3.8, 4) is 0 Å². The molecule has 0 atom stereocenters. The van der Waals surface area contributed by atoms with Crippen molar-refractivity contribution >= 4 is 74.4 Å². The molecule has 140 valence electrons. The van der Waals surface area contributed by atoms with Crippen LogP contribution in [0, 0.1) is 0 Å². The molecule has 2 N–H and O–H groups in total. The summed E-state index contributed by atoms with van der Waals surface area (Å²) in [4.78, 5) is 21.3. The molecule has 0 unspecified atom stereocenters. The number of pyridine rings is 1. The number of aromatic nitrogens is 1. The van der Waals surface area contributed by atoms with Crippen LogP contribution in [-0.4, -0.2) is 23.1 Å². The minimum atomic E-state index is -0.309. The number of amidine groups is 1. The van der Waals surface area contributed by atoms with Gasteiger partial charge in [0.05, 0.1) is 26.2 Å². The van der Waals surface area contributed by atoms with Gasteiger partial charge in [0.1, 0.15) is 0 Å². The zero-order valence-corrected chi connectivity index (χ0v) is 17.0. The Kier molecular flexibility index (Phi) is 5.26. The Labute approximate surface area is 175 Å². The van der Waals surface area contributed by atoms with Gasteiger partial charge in [0, 0.05) is 24.3 Å². The second kappa shape index (κ2) is 7.83. The summed E-state index contributed by atoms with van der Waals surface area (Å²) in [5.41, 5.74) is 3.27. The molecule has 0 saturated carbocycles. The Hall–Kier alpha value is -2.54. The van der Waals surface area contributed by atoms with Gasteiger partial charge in [-0.3, -0.25) is 9.78 Å². The van der Waals surface area contributed by atoms with E-state index in [-0.39, 0.29) is 5.91 Å². The summed E-state index contributed by atoms with van der Waals surface area (Å²) in [6.07, 6.45) is 3.57. The van der Waals surface area contributed by atoms with Gasteiger partial charge in [0.2, 0.25) is 0 Å². The fourth-order valence-corrected chi connectivity index (χ4v) is 4.12. The molecule has 2 aromatic carbocycles. The van der Waals surface area contributed by atoms with Crippen LogP contribution < -0.4 is 10.6 Å². The largest absolute Gasteiger partial charge is 0.388 e. The highest BCUT2D eigenvalue weighted by Crippen LogP contribution is 2.35. The van der Waals surface area contributed by atoms with Gasteiger partial charge in [0.15, 0.2) is 5.17 Å². The molecule has 1 aliphatic heterocycles. The van der Waals surface area contributed by atoms with Crippen molar-refractivity contribution in [2.75, 3.05) is 17.7 Å². The molecule has 0 radical (unpaired) electrons. The SMILES string of the molecule is CNc1ccnc2ccc(C=C3SC(Nc4c(Cl)cccc4Cl)=NC3=O)cc12. The van der Waals surface area contributed by atoms with Crippen molar-refractivity contribution in [2.24, 2.45) is 4.99 Å². The van der Waals surface area contributed by atoms with Crippen molar-refractivity contribution in [1.82, 2.24) is 4.98 Å². The fraction of sp³-hybridized carbons (Fsp3) is 0.0500. The minimum Gasteiger partial charge on any atom is -0.388 e. The molecule has 0 fully saturated rings. The molecule has 28 heavy (non-hydrogen) atoms. The number of nitrogens with one attached hydrogen (secondary N) is 2. The van der Waals surface area contributed by atoms with Crippen LogP contribution in [0.5, 0.6) is 0 Å². The summed E-state index contributed by atoms with van der Waals surface area (Å²) >= 11 is 13.6. The molecule has 8 heteroatoms. The van der Waals surface area contributed by atoms with Crippen molar-refractivity contribution in [2.45, 2.75) is 0 Å². The maximum absolute atomic E-state index is 12.3. The Morgan fingerprint density at radius 3 is 2.64 bits per heavy atom. The van der Waals surface area contributed by atoms with E-state index < -0.39 is 0 Å². The number of halogens is 2. The zero-order chi connectivity index (χ0) is 19.7. The quantitative estimate of drug-likeness (QED) is 0.526. The number of hydrogen-bond donors (Lipinski definition) is 2. The first kappa shape index (κ1) is 18.8. The number of nitrogens with zero attached hydrogens (tertiary/aromatic N) is 2. The average Bonchev–Trinajstić information content (AvgIpc) is 3.03. The Bertz CT molecular complexity index is 1140. The number of aliphatic imine (C=N–C) groups is 1. The molecule has 0 aliphatic carbocycles. The van der Waals surface area contributed by atoms with Crippen LogP contribution in [0.15, 0.2) is 58.6 Å². The van der Waals surface area contributed by atoms with Crippen LogP contribution in [0.3, 0.4) is 0 Å². The number of rotatable bonds is 3. The van der Waals surface area contributed by atoms with Crippen molar-refractivity contribution in [1.29, 1.82) is 0 Å². The van der Waals surface area contributed by atoms with Crippen molar-refractivity contribution in [3.05, 3.63) is 69.2 Å². The van der Waals surface area contributed by atoms with Gasteiger partial charge in [-0.15, -0.1) is 0 Å². The molecule has 1 aliphatic rings. The number of para-hydroxylation sites is 1. The molecule has 2 heterocycles. The van der Waals surface area contributed by atoms with E-state index in [1.165, 1.54) is 11.8 Å². The highest BCUT2D eigenvalue weighted by Gasteiger charge is 2.23. The van der Waals surface area contributed by atoms with Crippen molar-refractivity contribution < 1.29 is 4.79 Å². The first-order valence-electron chi connectivity index (χ1n) is 8.35. The minimum absolute atomic E-state index is 0.309. The second-order valence-corrected chi connectivity index (χ2v) is 7.78. The van der Waals surface area contributed by atoms with Crippen LogP contribution in [0.1, 0.15) is 5.56 Å². The fourth-order valence-electron chi connectivity index (χ4n) is 2.81. The van der Waals surface area contributed by atoms with Crippen LogP contribution in [0.4, 0.5) is 11.4 Å². The van der Waals surface area contributed by atoms with Gasteiger partial charge in [-0.1, -0.05) is 35.3 Å². The lowest BCUT2D eigenvalue weighted by Gasteiger charge is -2.08. The lowest BCUT2D eigenvalue weighted by molar-refractivity contribution is -0.113. The number of carbonyl (C=O) groups excluding carboxylic acids is 1. The molecule has 3 aromatic rings. The topological polar surface area (TPSA) is 66.4 Å². The van der Waals surface area contributed by atoms with E-state index in [2.05, 4.69) is 20.6 Å². The first-order chi connectivity index (χ1) is 13.5. The lowest BCUT2D eigenvalue weighted by atomic mass is 10.1. The molecule has 1 aromatic heterocycles. The van der Waals surface area contributed by atoms with Crippen LogP contribution >= 0.6 is 35.0 Å². The molecule has 5 nitrogen and oxygen atoms in total. The second-order valence-electron chi connectivity index (χ2n) is 5.94. The van der Waals surface area contributed by atoms with E-state index >= 15 is 0 Å². The van der Waals surface area contributed by atoms with E-state index in [0.29, 0.717) is 25.8 Å². The third kappa shape index (κ3) is 3.71. The maximum atomic E-state index is 12.3. The number of hydrogen-bond acceptors (Lipinski definition) is 5. The Morgan fingerprint density at radius 2 is 1.89 bits per heavy atom. The van der Waals surface area contributed by atoms with Crippen LogP contribution in [-0.2, 0) is 4.79 Å². The van der Waals surface area contributed by atoms with Gasteiger partial charge in [0.25, 0.3) is 5.91 Å². The summed E-state index contributed by atoms with van der Waals surface area (Å²) in [5, 5.41) is 8.53. The monoisotopic (exact) mass is 428 g/mol. The predicted octanol–water partition coefficient (Wildman–Crippen LogP) is 5.67. The van der Waals surface area contributed by atoms with Gasteiger partial charge < -0.3 is 10.6 Å². The van der Waals surface area contributed by atoms with Crippen LogP contribution in [0.25, 0.3) is 17.0 Å². The summed E-state index contributed by atoms with van der Waals surface area (Å²) in [7, 11) is 1.86. The van der Waals surface area contributed by atoms with Gasteiger partial charge >= 0.3 is 0 Å². The number of anilines is 2. The smallest absolute Gasteiger partial charge is 0.286 e. The number of fused-ring (bicyclic) bond motifs is 1. The van der Waals surface area contributed by atoms with Gasteiger partial charge in [-0.2, -0.15) is 4.99 Å². The lowest BCUT2D eigenvalue weighted by Crippen LogP contribution is -2.05. The highest BCUT2D eigenvalue weighted by molar-refractivity contribution is 8.18. The Balaban J connectivity index is 1.60. The Morgan fingerprint density at radius 1 is 1.11 bits per heavy atom. The third-order valence-corrected chi connectivity index (χ3v) is 5.68. The van der Waals surface area contributed by atoms with E-state index in [0.717, 1.165) is 22.2 Å². The summed E-state index contributed by atoms with van der Waals surface area (Å²) < 4.78 is 0. The summed E-state index contributed by atoms with van der Waals surface area (Å²) in [5.74, 6) is -0.309. The molecule has 1 amide bonds. The van der Waals surface area contributed by atoms with Gasteiger partial charge in [-0.05, 0) is 53.7 Å².